The van der Waals surface area contributed by atoms with Crippen LogP contribution in [-0.2, 0) is 9.59 Å². The molecule has 5 nitrogen and oxygen atoms in total. The molecule has 0 heterocycles. The summed E-state index contributed by atoms with van der Waals surface area (Å²) in [6, 6.07) is 0.107. The molecule has 100 valence electrons. The van der Waals surface area contributed by atoms with Crippen LogP contribution in [0.4, 0.5) is 0 Å². The van der Waals surface area contributed by atoms with Crippen molar-refractivity contribution in [2.75, 3.05) is 13.1 Å². The fourth-order valence-corrected chi connectivity index (χ4v) is 1.42. The molecule has 0 spiro atoms. The fourth-order valence-electron chi connectivity index (χ4n) is 1.42. The van der Waals surface area contributed by atoms with Crippen LogP contribution in [0.25, 0.3) is 0 Å². The van der Waals surface area contributed by atoms with Crippen LogP contribution in [0.1, 0.15) is 46.0 Å². The molecule has 0 aliphatic carbocycles. The number of unbranched alkanes of at least 4 members (excludes halogenated alkanes) is 3. The largest absolute Gasteiger partial charge is 0.352 e. The van der Waals surface area contributed by atoms with Gasteiger partial charge in [0.2, 0.25) is 11.8 Å². The molecule has 17 heavy (non-hydrogen) atoms. The summed E-state index contributed by atoms with van der Waals surface area (Å²) in [7, 11) is 0. The van der Waals surface area contributed by atoms with Crippen molar-refractivity contribution in [2.24, 2.45) is 5.73 Å². The normalized spacial score (nSPS) is 10.4. The molecule has 0 aromatic rings. The highest BCUT2D eigenvalue weighted by Gasteiger charge is 2.05. The summed E-state index contributed by atoms with van der Waals surface area (Å²) in [5, 5.41) is 5.32. The van der Waals surface area contributed by atoms with Crippen LogP contribution in [-0.4, -0.2) is 30.9 Å². The Hall–Kier alpha value is -1.10. The smallest absolute Gasteiger partial charge is 0.239 e. The molecule has 0 unspecified atom stereocenters. The minimum Gasteiger partial charge on any atom is -0.352 e. The molecule has 0 atom stereocenters. The Morgan fingerprint density at radius 3 is 2.29 bits per heavy atom. The third kappa shape index (κ3) is 11.2. The van der Waals surface area contributed by atoms with Gasteiger partial charge in [-0.05, 0) is 33.2 Å². The number of nitrogens with one attached hydrogen (secondary N) is 2. The van der Waals surface area contributed by atoms with Crippen LogP contribution in [0.2, 0.25) is 0 Å². The first kappa shape index (κ1) is 15.9. The zero-order chi connectivity index (χ0) is 13.1. The summed E-state index contributed by atoms with van der Waals surface area (Å²) in [6.45, 7) is 4.55. The summed E-state index contributed by atoms with van der Waals surface area (Å²) in [4.78, 5) is 22.6. The van der Waals surface area contributed by atoms with Crippen molar-refractivity contribution in [1.82, 2.24) is 10.6 Å². The molecule has 0 aromatic heterocycles. The molecule has 0 aromatic carbocycles. The second kappa shape index (κ2) is 10.1. The monoisotopic (exact) mass is 243 g/mol. The van der Waals surface area contributed by atoms with E-state index in [1.54, 1.807) is 0 Å². The second-order valence-electron chi connectivity index (χ2n) is 4.45. The van der Waals surface area contributed by atoms with E-state index >= 15 is 0 Å². The van der Waals surface area contributed by atoms with E-state index in [1.165, 1.54) is 0 Å². The number of nitrogens with two attached hydrogens (primary N) is 1. The average Bonchev–Trinajstić information content (AvgIpc) is 2.25. The predicted molar refractivity (Wildman–Crippen MR) is 68.4 cm³/mol. The lowest BCUT2D eigenvalue weighted by Gasteiger charge is -2.09. The van der Waals surface area contributed by atoms with Gasteiger partial charge in [-0.3, -0.25) is 9.59 Å². The molecule has 0 saturated carbocycles. The number of carbonyl (C=O) groups excluding carboxylic acids is 2. The number of rotatable bonds is 9. The SMILES string of the molecule is CC(C)NC(=O)CNC(=O)CCCCCCN. The third-order valence-electron chi connectivity index (χ3n) is 2.25. The molecular weight excluding hydrogens is 218 g/mol. The van der Waals surface area contributed by atoms with Gasteiger partial charge in [-0.15, -0.1) is 0 Å². The van der Waals surface area contributed by atoms with E-state index in [4.69, 9.17) is 5.73 Å². The maximum absolute atomic E-state index is 11.4. The quantitative estimate of drug-likeness (QED) is 0.517. The van der Waals surface area contributed by atoms with E-state index in [0.29, 0.717) is 13.0 Å². The fraction of sp³-hybridized carbons (Fsp3) is 0.833. The molecule has 0 bridgehead atoms. The highest BCUT2D eigenvalue weighted by molar-refractivity contribution is 5.84. The number of hydrogen-bond donors (Lipinski definition) is 3. The number of hydrogen-bond acceptors (Lipinski definition) is 3. The van der Waals surface area contributed by atoms with E-state index in [9.17, 15) is 9.59 Å². The lowest BCUT2D eigenvalue weighted by molar-refractivity contribution is -0.126. The lowest BCUT2D eigenvalue weighted by atomic mass is 10.1. The maximum Gasteiger partial charge on any atom is 0.239 e. The topological polar surface area (TPSA) is 84.2 Å². The minimum atomic E-state index is -0.142. The first-order valence-electron chi connectivity index (χ1n) is 6.32. The van der Waals surface area contributed by atoms with Gasteiger partial charge in [-0.1, -0.05) is 12.8 Å². The van der Waals surface area contributed by atoms with Gasteiger partial charge < -0.3 is 16.4 Å². The zero-order valence-electron chi connectivity index (χ0n) is 10.9. The molecule has 5 heteroatoms. The summed E-state index contributed by atoms with van der Waals surface area (Å²) < 4.78 is 0. The van der Waals surface area contributed by atoms with E-state index < -0.39 is 0 Å². The Labute approximate surface area is 104 Å². The maximum atomic E-state index is 11.4. The minimum absolute atomic E-state index is 0.0587. The standard InChI is InChI=1S/C12H25N3O2/c1-10(2)15-12(17)9-14-11(16)7-5-3-4-6-8-13/h10H,3-9,13H2,1-2H3,(H,14,16)(H,15,17). The van der Waals surface area contributed by atoms with Gasteiger partial charge in [0.1, 0.15) is 0 Å². The Bertz CT molecular complexity index is 230. The molecule has 2 amide bonds. The van der Waals surface area contributed by atoms with Gasteiger partial charge in [0.15, 0.2) is 0 Å². The predicted octanol–water partition coefficient (Wildman–Crippen LogP) is 0.536. The summed E-state index contributed by atoms with van der Waals surface area (Å²) in [5.41, 5.74) is 5.37. The van der Waals surface area contributed by atoms with Crippen LogP contribution in [0.5, 0.6) is 0 Å². The van der Waals surface area contributed by atoms with Crippen molar-refractivity contribution in [1.29, 1.82) is 0 Å². The highest BCUT2D eigenvalue weighted by Crippen LogP contribution is 2.01. The molecule has 0 saturated heterocycles. The van der Waals surface area contributed by atoms with Crippen LogP contribution < -0.4 is 16.4 Å². The van der Waals surface area contributed by atoms with Crippen LogP contribution in [0, 0.1) is 0 Å². The van der Waals surface area contributed by atoms with Gasteiger partial charge in [0.25, 0.3) is 0 Å². The number of amides is 2. The van der Waals surface area contributed by atoms with Crippen molar-refractivity contribution < 1.29 is 9.59 Å². The first-order valence-corrected chi connectivity index (χ1v) is 6.32. The van der Waals surface area contributed by atoms with Gasteiger partial charge in [0, 0.05) is 12.5 Å². The van der Waals surface area contributed by atoms with Crippen molar-refractivity contribution in [3.63, 3.8) is 0 Å². The van der Waals surface area contributed by atoms with Crippen molar-refractivity contribution in [2.45, 2.75) is 52.0 Å². The van der Waals surface area contributed by atoms with E-state index in [-0.39, 0.29) is 24.4 Å². The molecule has 4 N–H and O–H groups in total. The van der Waals surface area contributed by atoms with Crippen molar-refractivity contribution in [3.05, 3.63) is 0 Å². The van der Waals surface area contributed by atoms with Crippen molar-refractivity contribution in [3.8, 4) is 0 Å². The molecule has 0 aliphatic heterocycles. The van der Waals surface area contributed by atoms with E-state index in [0.717, 1.165) is 25.7 Å². The lowest BCUT2D eigenvalue weighted by Crippen LogP contribution is -2.39. The van der Waals surface area contributed by atoms with Crippen LogP contribution in [0.3, 0.4) is 0 Å². The number of carbonyl (C=O) groups is 2. The van der Waals surface area contributed by atoms with E-state index in [2.05, 4.69) is 10.6 Å². The Kier molecular flexibility index (Phi) is 9.43. The average molecular weight is 243 g/mol. The van der Waals surface area contributed by atoms with Gasteiger partial charge >= 0.3 is 0 Å². The van der Waals surface area contributed by atoms with E-state index in [1.807, 2.05) is 13.8 Å². The third-order valence-corrected chi connectivity index (χ3v) is 2.25. The molecular formula is C12H25N3O2. The zero-order valence-corrected chi connectivity index (χ0v) is 10.9. The van der Waals surface area contributed by atoms with Crippen LogP contribution >= 0.6 is 0 Å². The first-order chi connectivity index (χ1) is 8.06. The van der Waals surface area contributed by atoms with Gasteiger partial charge in [-0.25, -0.2) is 0 Å². The van der Waals surface area contributed by atoms with Gasteiger partial charge in [0.05, 0.1) is 6.54 Å². The van der Waals surface area contributed by atoms with Gasteiger partial charge in [-0.2, -0.15) is 0 Å². The second-order valence-corrected chi connectivity index (χ2v) is 4.45. The highest BCUT2D eigenvalue weighted by atomic mass is 16.2. The molecule has 0 aliphatic rings. The summed E-state index contributed by atoms with van der Waals surface area (Å²) in [6.07, 6.45) is 4.44. The van der Waals surface area contributed by atoms with Crippen LogP contribution in [0.15, 0.2) is 0 Å². The Morgan fingerprint density at radius 1 is 1.06 bits per heavy atom. The summed E-state index contributed by atoms with van der Waals surface area (Å²) >= 11 is 0. The molecule has 0 rings (SSSR count). The Morgan fingerprint density at radius 2 is 1.71 bits per heavy atom. The van der Waals surface area contributed by atoms with Crippen molar-refractivity contribution >= 4 is 11.8 Å². The molecule has 0 radical (unpaired) electrons. The summed E-state index contributed by atoms with van der Waals surface area (Å²) in [5.74, 6) is -0.201. The Balaban J connectivity index is 3.43. The molecule has 0 fully saturated rings.